The second-order valence-electron chi connectivity index (χ2n) is 30.3. The molecule has 0 aliphatic carbocycles. The molecule has 0 unspecified atom stereocenters. The highest BCUT2D eigenvalue weighted by Gasteiger charge is 2.45. The standard InChI is InChI=1S/C82H77BN2/c1-78(2,3)56-34-53-29-26-50-30-32-65(66-33-31-54(35-56)75(53)76(50)66)55-38-73-77-74(39-55)85(62-44-59(81(10,11)12)41-60(45-62)82(13,14)15)72-47-68-52(28-25-49-21-17-19-23-64(49)68)37-70(72)83(77)69-36-51-27-24-48-20-16-18-22-63(48)67(51)46-71(69)84(73)61-42-57(79(4,5)6)40-58(43-61)80(7,8)9/h16-47H,1-15H3. The minimum atomic E-state index is -0.114. The molecule has 0 saturated heterocycles. The molecule has 0 fully saturated rings. The van der Waals surface area contributed by atoms with Crippen molar-refractivity contribution < 1.29 is 0 Å². The summed E-state index contributed by atoms with van der Waals surface area (Å²) in [5.41, 5.74) is 19.9. The van der Waals surface area contributed by atoms with Gasteiger partial charge in [0.1, 0.15) is 0 Å². The van der Waals surface area contributed by atoms with E-state index in [2.05, 4.69) is 308 Å². The van der Waals surface area contributed by atoms with Gasteiger partial charge in [0.25, 0.3) is 6.71 Å². The summed E-state index contributed by atoms with van der Waals surface area (Å²) in [4.78, 5) is 5.40. The topological polar surface area (TPSA) is 6.48 Å². The van der Waals surface area contributed by atoms with Gasteiger partial charge in [0.2, 0.25) is 0 Å². The molecule has 0 aromatic heterocycles. The third-order valence-corrected chi connectivity index (χ3v) is 19.4. The van der Waals surface area contributed by atoms with Gasteiger partial charge in [-0.15, -0.1) is 0 Å². The third kappa shape index (κ3) is 8.42. The van der Waals surface area contributed by atoms with Crippen LogP contribution >= 0.6 is 0 Å². The monoisotopic (exact) mass is 1100 g/mol. The summed E-state index contributed by atoms with van der Waals surface area (Å²) >= 11 is 0. The fraction of sp³-hybridized carbons (Fsp3) is 0.244. The van der Waals surface area contributed by atoms with Crippen molar-refractivity contribution in [1.29, 1.82) is 0 Å². The molecule has 2 aliphatic rings. The van der Waals surface area contributed by atoms with Gasteiger partial charge in [-0.05, 0) is 206 Å². The van der Waals surface area contributed by atoms with Gasteiger partial charge >= 0.3 is 0 Å². The molecule has 0 atom stereocenters. The van der Waals surface area contributed by atoms with E-state index in [1.165, 1.54) is 165 Å². The van der Waals surface area contributed by atoms with Crippen LogP contribution in [0.3, 0.4) is 0 Å². The molecule has 0 spiro atoms. The zero-order valence-corrected chi connectivity index (χ0v) is 52.4. The molecular weight excluding hydrogens is 1020 g/mol. The summed E-state index contributed by atoms with van der Waals surface area (Å²) in [5.74, 6) is 0. The van der Waals surface area contributed by atoms with Gasteiger partial charge in [-0.1, -0.05) is 249 Å². The smallest absolute Gasteiger partial charge is 0.252 e. The molecule has 2 aliphatic heterocycles. The predicted molar refractivity (Wildman–Crippen MR) is 373 cm³/mol. The van der Waals surface area contributed by atoms with Gasteiger partial charge < -0.3 is 9.80 Å². The number of rotatable bonds is 3. The Morgan fingerprint density at radius 1 is 0.271 bits per heavy atom. The number of nitrogens with zero attached hydrogens (tertiary/aromatic N) is 2. The van der Waals surface area contributed by atoms with Crippen LogP contribution in [0, 0.1) is 0 Å². The van der Waals surface area contributed by atoms with Gasteiger partial charge in [-0.2, -0.15) is 0 Å². The molecular formula is C82H77BN2. The van der Waals surface area contributed by atoms with Crippen LogP contribution in [0.25, 0.3) is 86.5 Å². The minimum absolute atomic E-state index is 0.0197. The van der Waals surface area contributed by atoms with E-state index in [1.54, 1.807) is 0 Å². The van der Waals surface area contributed by atoms with E-state index in [9.17, 15) is 0 Å². The maximum atomic E-state index is 2.70. The SMILES string of the molecule is CC(C)(C)c1cc(N2c3cc4c(ccc5ccccc54)cc3B3c4cc5ccc6ccccc6c5cc4N(c4cc(C(C)(C)C)cc(C(C)(C)C)c4)c4cc(-c5ccc6ccc7cc(C(C)(C)C)cc8ccc5c6c78)cc2c43)cc(C(C)(C)C)c1. The molecule has 15 rings (SSSR count). The van der Waals surface area contributed by atoms with E-state index in [0.717, 1.165) is 0 Å². The number of fused-ring (bicyclic) bond motifs is 10. The lowest BCUT2D eigenvalue weighted by Gasteiger charge is -2.45. The summed E-state index contributed by atoms with van der Waals surface area (Å²) in [5, 5.41) is 17.9. The molecule has 2 nitrogen and oxygen atoms in total. The van der Waals surface area contributed by atoms with Gasteiger partial charge in [0, 0.05) is 34.1 Å². The lowest BCUT2D eigenvalue weighted by atomic mass is 9.33. The van der Waals surface area contributed by atoms with Gasteiger partial charge in [0.15, 0.2) is 0 Å². The average Bonchev–Trinajstić information content (AvgIpc) is 0.740. The Morgan fingerprint density at radius 2 is 0.647 bits per heavy atom. The molecule has 418 valence electrons. The summed E-state index contributed by atoms with van der Waals surface area (Å²) in [6.07, 6.45) is 0. The van der Waals surface area contributed by atoms with Crippen LogP contribution in [-0.4, -0.2) is 6.71 Å². The summed E-state index contributed by atoms with van der Waals surface area (Å²) in [7, 11) is 0. The maximum absolute atomic E-state index is 2.70. The lowest BCUT2D eigenvalue weighted by molar-refractivity contribution is 0.568. The zero-order valence-electron chi connectivity index (χ0n) is 52.4. The van der Waals surface area contributed by atoms with E-state index in [0.29, 0.717) is 0 Å². The first-order chi connectivity index (χ1) is 40.3. The van der Waals surface area contributed by atoms with Crippen molar-refractivity contribution in [3.63, 3.8) is 0 Å². The Balaban J connectivity index is 1.14. The molecule has 13 aromatic rings. The van der Waals surface area contributed by atoms with Crippen LogP contribution in [0.1, 0.15) is 132 Å². The Bertz CT molecular complexity index is 4670. The number of hydrogen-bond donors (Lipinski definition) is 0. The molecule has 0 N–H and O–H groups in total. The van der Waals surface area contributed by atoms with E-state index in [4.69, 9.17) is 0 Å². The largest absolute Gasteiger partial charge is 0.311 e. The Kier molecular flexibility index (Phi) is 11.3. The highest BCUT2D eigenvalue weighted by molar-refractivity contribution is 7.00. The molecule has 0 radical (unpaired) electrons. The normalized spacial score (nSPS) is 14.0. The van der Waals surface area contributed by atoms with E-state index in [1.807, 2.05) is 0 Å². The van der Waals surface area contributed by atoms with Crippen molar-refractivity contribution >= 4 is 133 Å². The maximum Gasteiger partial charge on any atom is 0.252 e. The molecule has 3 heteroatoms. The highest BCUT2D eigenvalue weighted by Crippen LogP contribution is 2.52. The van der Waals surface area contributed by atoms with Gasteiger partial charge in [0.05, 0.1) is 0 Å². The molecule has 0 saturated carbocycles. The van der Waals surface area contributed by atoms with Gasteiger partial charge in [-0.3, -0.25) is 0 Å². The fourth-order valence-corrected chi connectivity index (χ4v) is 14.4. The van der Waals surface area contributed by atoms with Crippen LogP contribution < -0.4 is 26.2 Å². The highest BCUT2D eigenvalue weighted by atomic mass is 15.2. The lowest BCUT2D eigenvalue weighted by Crippen LogP contribution is -2.61. The van der Waals surface area contributed by atoms with Crippen LogP contribution in [0.4, 0.5) is 34.1 Å². The van der Waals surface area contributed by atoms with Crippen molar-refractivity contribution in [2.75, 3.05) is 9.80 Å². The Labute approximate surface area is 503 Å². The minimum Gasteiger partial charge on any atom is -0.311 e. The van der Waals surface area contributed by atoms with Crippen molar-refractivity contribution in [3.05, 3.63) is 222 Å². The molecule has 13 aromatic carbocycles. The molecule has 0 bridgehead atoms. The Hall–Kier alpha value is -8.40. The van der Waals surface area contributed by atoms with Crippen LogP contribution in [0.2, 0.25) is 0 Å². The zero-order chi connectivity index (χ0) is 59.2. The number of benzene rings is 13. The average molecular weight is 1100 g/mol. The van der Waals surface area contributed by atoms with Crippen molar-refractivity contribution in [2.45, 2.75) is 131 Å². The predicted octanol–water partition coefficient (Wildman–Crippen LogP) is 21.4. The molecule has 0 amide bonds. The van der Waals surface area contributed by atoms with E-state index < -0.39 is 0 Å². The summed E-state index contributed by atoms with van der Waals surface area (Å²) < 4.78 is 0. The van der Waals surface area contributed by atoms with E-state index >= 15 is 0 Å². The first kappa shape index (κ1) is 53.3. The van der Waals surface area contributed by atoms with Crippen molar-refractivity contribution in [3.8, 4) is 11.1 Å². The fourth-order valence-electron chi connectivity index (χ4n) is 14.4. The Morgan fingerprint density at radius 3 is 1.09 bits per heavy atom. The summed E-state index contributed by atoms with van der Waals surface area (Å²) in [6.45, 7) is 35.4. The summed E-state index contributed by atoms with van der Waals surface area (Å²) in [6, 6.07) is 77.0. The number of anilines is 6. The second-order valence-corrected chi connectivity index (χ2v) is 30.3. The van der Waals surface area contributed by atoms with Crippen LogP contribution in [0.15, 0.2) is 194 Å². The molecule has 85 heavy (non-hydrogen) atoms. The first-order valence-electron chi connectivity index (χ1n) is 31.0. The first-order valence-corrected chi connectivity index (χ1v) is 31.0. The number of hydrogen-bond acceptors (Lipinski definition) is 2. The van der Waals surface area contributed by atoms with Crippen LogP contribution in [-0.2, 0) is 27.1 Å². The van der Waals surface area contributed by atoms with Crippen molar-refractivity contribution in [2.24, 2.45) is 0 Å². The van der Waals surface area contributed by atoms with E-state index in [-0.39, 0.29) is 33.8 Å². The van der Waals surface area contributed by atoms with Crippen LogP contribution in [0.5, 0.6) is 0 Å². The second kappa shape index (κ2) is 18.1. The van der Waals surface area contributed by atoms with Gasteiger partial charge in [-0.25, -0.2) is 0 Å². The van der Waals surface area contributed by atoms with Crippen molar-refractivity contribution in [1.82, 2.24) is 0 Å². The quantitative estimate of drug-likeness (QED) is 0.129. The molecule has 2 heterocycles. The third-order valence-electron chi connectivity index (χ3n) is 19.4.